The smallest absolute Gasteiger partial charge is 0.309 e. The van der Waals surface area contributed by atoms with Crippen molar-refractivity contribution in [1.29, 1.82) is 0 Å². The van der Waals surface area contributed by atoms with E-state index in [-0.39, 0.29) is 11.4 Å². The molecule has 1 aliphatic rings. The van der Waals surface area contributed by atoms with Crippen LogP contribution in [0.2, 0.25) is 0 Å². The van der Waals surface area contributed by atoms with Gasteiger partial charge in [-0.2, -0.15) is 0 Å². The molecule has 0 unspecified atom stereocenters. The number of esters is 1. The molecule has 0 heterocycles. The predicted octanol–water partition coefficient (Wildman–Crippen LogP) is 1.39. The zero-order valence-corrected chi connectivity index (χ0v) is 9.53. The lowest BCUT2D eigenvalue weighted by Gasteiger charge is -2.12. The summed E-state index contributed by atoms with van der Waals surface area (Å²) in [6.07, 6.45) is 2.70. The summed E-state index contributed by atoms with van der Waals surface area (Å²) in [5, 5.41) is 0. The van der Waals surface area contributed by atoms with Gasteiger partial charge in [-0.15, -0.1) is 0 Å². The van der Waals surface area contributed by atoms with Crippen LogP contribution in [0.5, 0.6) is 0 Å². The zero-order chi connectivity index (χ0) is 11.6. The Balaban J connectivity index is 2.08. The zero-order valence-electron chi connectivity index (χ0n) is 9.53. The lowest BCUT2D eigenvalue weighted by atomic mass is 9.95. The Morgan fingerprint density at radius 3 is 2.44 bits per heavy atom. The molecule has 86 valence electrons. The predicted molar refractivity (Wildman–Crippen MR) is 62.1 cm³/mol. The standard InChI is InChI=1S/C13H17NO2/c1-16-12(15)8-10-2-4-11(5-3-10)13(9-14)6-7-13/h2-5H,6-9,14H2,1H3. The average molecular weight is 219 g/mol. The van der Waals surface area contributed by atoms with Gasteiger partial charge < -0.3 is 10.5 Å². The molecule has 2 rings (SSSR count). The molecule has 1 aromatic carbocycles. The van der Waals surface area contributed by atoms with Crippen molar-refractivity contribution in [3.63, 3.8) is 0 Å². The van der Waals surface area contributed by atoms with Crippen LogP contribution < -0.4 is 5.73 Å². The molecule has 16 heavy (non-hydrogen) atoms. The van der Waals surface area contributed by atoms with Crippen LogP contribution in [-0.4, -0.2) is 19.6 Å². The number of nitrogens with two attached hydrogens (primary N) is 1. The monoisotopic (exact) mass is 219 g/mol. The first-order valence-corrected chi connectivity index (χ1v) is 5.56. The molecule has 0 bridgehead atoms. The largest absolute Gasteiger partial charge is 0.469 e. The Hall–Kier alpha value is -1.35. The van der Waals surface area contributed by atoms with Crippen LogP contribution in [0, 0.1) is 0 Å². The molecule has 1 aromatic rings. The van der Waals surface area contributed by atoms with Crippen molar-refractivity contribution in [3.8, 4) is 0 Å². The van der Waals surface area contributed by atoms with Crippen LogP contribution in [0.25, 0.3) is 0 Å². The molecule has 2 N–H and O–H groups in total. The summed E-state index contributed by atoms with van der Waals surface area (Å²) in [7, 11) is 1.41. The number of ether oxygens (including phenoxy) is 1. The summed E-state index contributed by atoms with van der Waals surface area (Å²) in [5.74, 6) is -0.201. The molecule has 0 radical (unpaired) electrons. The highest BCUT2D eigenvalue weighted by Crippen LogP contribution is 2.47. The van der Waals surface area contributed by atoms with Crippen molar-refractivity contribution < 1.29 is 9.53 Å². The molecule has 0 aliphatic heterocycles. The summed E-state index contributed by atoms with van der Waals surface area (Å²) in [6, 6.07) is 8.14. The van der Waals surface area contributed by atoms with Gasteiger partial charge in [0.1, 0.15) is 0 Å². The van der Waals surface area contributed by atoms with Gasteiger partial charge in [0, 0.05) is 12.0 Å². The van der Waals surface area contributed by atoms with E-state index in [4.69, 9.17) is 5.73 Å². The summed E-state index contributed by atoms with van der Waals surface area (Å²) < 4.78 is 4.63. The first kappa shape index (κ1) is 11.1. The van der Waals surface area contributed by atoms with E-state index in [0.29, 0.717) is 13.0 Å². The number of methoxy groups -OCH3 is 1. The maximum absolute atomic E-state index is 11.1. The third kappa shape index (κ3) is 2.09. The molecule has 0 atom stereocenters. The minimum atomic E-state index is -0.201. The third-order valence-corrected chi connectivity index (χ3v) is 3.39. The van der Waals surface area contributed by atoms with Crippen LogP contribution in [0.3, 0.4) is 0 Å². The molecule has 1 fully saturated rings. The van der Waals surface area contributed by atoms with Gasteiger partial charge in [-0.3, -0.25) is 4.79 Å². The van der Waals surface area contributed by atoms with Crippen molar-refractivity contribution >= 4 is 5.97 Å². The number of benzene rings is 1. The maximum Gasteiger partial charge on any atom is 0.309 e. The SMILES string of the molecule is COC(=O)Cc1ccc(C2(CN)CC2)cc1. The normalized spacial score (nSPS) is 16.9. The van der Waals surface area contributed by atoms with Crippen molar-refractivity contribution in [2.75, 3.05) is 13.7 Å². The lowest BCUT2D eigenvalue weighted by molar-refractivity contribution is -0.139. The fourth-order valence-electron chi connectivity index (χ4n) is 1.98. The molecule has 0 spiro atoms. The second-order valence-electron chi connectivity index (χ2n) is 4.43. The first-order valence-electron chi connectivity index (χ1n) is 5.56. The maximum atomic E-state index is 11.1. The summed E-state index contributed by atoms with van der Waals surface area (Å²) in [6.45, 7) is 0.712. The van der Waals surface area contributed by atoms with E-state index in [0.717, 1.165) is 5.56 Å². The Morgan fingerprint density at radius 2 is 2.00 bits per heavy atom. The molecule has 0 aromatic heterocycles. The van der Waals surface area contributed by atoms with Gasteiger partial charge in [-0.1, -0.05) is 24.3 Å². The number of rotatable bonds is 4. The van der Waals surface area contributed by atoms with Gasteiger partial charge >= 0.3 is 5.97 Å². The number of carbonyl (C=O) groups excluding carboxylic acids is 1. The molecule has 3 nitrogen and oxygen atoms in total. The van der Waals surface area contributed by atoms with E-state index in [9.17, 15) is 4.79 Å². The van der Waals surface area contributed by atoms with E-state index in [1.807, 2.05) is 12.1 Å². The molecular formula is C13H17NO2. The fourth-order valence-corrected chi connectivity index (χ4v) is 1.98. The van der Waals surface area contributed by atoms with E-state index < -0.39 is 0 Å². The molecule has 0 saturated heterocycles. The number of hydrogen-bond acceptors (Lipinski definition) is 3. The van der Waals surface area contributed by atoms with Crippen molar-refractivity contribution in [2.45, 2.75) is 24.7 Å². The van der Waals surface area contributed by atoms with Crippen LogP contribution in [0.1, 0.15) is 24.0 Å². The lowest BCUT2D eigenvalue weighted by Crippen LogP contribution is -2.19. The van der Waals surface area contributed by atoms with Crippen LogP contribution in [0.15, 0.2) is 24.3 Å². The Bertz CT molecular complexity index is 379. The average Bonchev–Trinajstić information content (AvgIpc) is 3.11. The third-order valence-electron chi connectivity index (χ3n) is 3.39. The number of hydrogen-bond donors (Lipinski definition) is 1. The van der Waals surface area contributed by atoms with Crippen molar-refractivity contribution in [2.24, 2.45) is 5.73 Å². The van der Waals surface area contributed by atoms with E-state index >= 15 is 0 Å². The van der Waals surface area contributed by atoms with Crippen LogP contribution >= 0.6 is 0 Å². The molecule has 3 heteroatoms. The fraction of sp³-hybridized carbons (Fsp3) is 0.462. The highest BCUT2D eigenvalue weighted by atomic mass is 16.5. The second kappa shape index (κ2) is 4.26. The second-order valence-corrected chi connectivity index (χ2v) is 4.43. The van der Waals surface area contributed by atoms with Crippen molar-refractivity contribution in [1.82, 2.24) is 0 Å². The van der Waals surface area contributed by atoms with Gasteiger partial charge in [-0.05, 0) is 24.0 Å². The van der Waals surface area contributed by atoms with Crippen LogP contribution in [0.4, 0.5) is 0 Å². The molecule has 1 saturated carbocycles. The topological polar surface area (TPSA) is 52.3 Å². The molecular weight excluding hydrogens is 202 g/mol. The van der Waals surface area contributed by atoms with Crippen molar-refractivity contribution in [3.05, 3.63) is 35.4 Å². The minimum Gasteiger partial charge on any atom is -0.469 e. The Morgan fingerprint density at radius 1 is 1.38 bits per heavy atom. The van der Waals surface area contributed by atoms with E-state index in [1.54, 1.807) is 0 Å². The highest BCUT2D eigenvalue weighted by molar-refractivity contribution is 5.72. The Kier molecular flexibility index (Phi) is 2.97. The Labute approximate surface area is 95.6 Å². The minimum absolute atomic E-state index is 0.201. The first-order chi connectivity index (χ1) is 7.70. The quantitative estimate of drug-likeness (QED) is 0.779. The van der Waals surface area contributed by atoms with Gasteiger partial charge in [0.05, 0.1) is 13.5 Å². The summed E-state index contributed by atoms with van der Waals surface area (Å²) >= 11 is 0. The highest BCUT2D eigenvalue weighted by Gasteiger charge is 2.42. The van der Waals surface area contributed by atoms with Gasteiger partial charge in [0.2, 0.25) is 0 Å². The van der Waals surface area contributed by atoms with Gasteiger partial charge in [0.15, 0.2) is 0 Å². The van der Waals surface area contributed by atoms with E-state index in [2.05, 4.69) is 16.9 Å². The van der Waals surface area contributed by atoms with Crippen LogP contribution in [-0.2, 0) is 21.4 Å². The van der Waals surface area contributed by atoms with Gasteiger partial charge in [0.25, 0.3) is 0 Å². The number of carbonyl (C=O) groups is 1. The molecule has 0 amide bonds. The van der Waals surface area contributed by atoms with Gasteiger partial charge in [-0.25, -0.2) is 0 Å². The summed E-state index contributed by atoms with van der Waals surface area (Å²) in [4.78, 5) is 11.1. The molecule has 1 aliphatic carbocycles. The van der Waals surface area contributed by atoms with E-state index in [1.165, 1.54) is 25.5 Å². The summed E-state index contributed by atoms with van der Waals surface area (Å²) in [5.41, 5.74) is 8.28.